The van der Waals surface area contributed by atoms with Crippen LogP contribution in [0.25, 0.3) is 0 Å². The van der Waals surface area contributed by atoms with E-state index >= 15 is 0 Å². The molecule has 0 saturated carbocycles. The van der Waals surface area contributed by atoms with Gasteiger partial charge in [-0.1, -0.05) is 20.8 Å². The van der Waals surface area contributed by atoms with Gasteiger partial charge in [0.05, 0.1) is 5.69 Å². The first-order valence-electron chi connectivity index (χ1n) is 7.47. The molecule has 0 radical (unpaired) electrons. The van der Waals surface area contributed by atoms with Gasteiger partial charge in [-0.15, -0.1) is 0 Å². The summed E-state index contributed by atoms with van der Waals surface area (Å²) in [7, 11) is 0. The molecule has 1 saturated heterocycles. The van der Waals surface area contributed by atoms with Crippen LogP contribution in [-0.4, -0.2) is 40.2 Å². The molecule has 2 rings (SSSR count). The van der Waals surface area contributed by atoms with Crippen LogP contribution in [0.2, 0.25) is 0 Å². The molecule has 20 heavy (non-hydrogen) atoms. The molecule has 1 atom stereocenters. The first-order chi connectivity index (χ1) is 9.40. The van der Waals surface area contributed by atoms with E-state index in [0.717, 1.165) is 31.7 Å². The van der Waals surface area contributed by atoms with Crippen molar-refractivity contribution < 1.29 is 4.79 Å². The third kappa shape index (κ3) is 2.73. The molecule has 112 valence electrons. The summed E-state index contributed by atoms with van der Waals surface area (Å²) in [5, 5.41) is 4.52. The molecule has 1 aliphatic rings. The van der Waals surface area contributed by atoms with Crippen LogP contribution in [0.4, 0.5) is 0 Å². The van der Waals surface area contributed by atoms with Gasteiger partial charge in [0.2, 0.25) is 0 Å². The van der Waals surface area contributed by atoms with E-state index in [4.69, 9.17) is 5.73 Å². The summed E-state index contributed by atoms with van der Waals surface area (Å²) in [4.78, 5) is 14.6. The quantitative estimate of drug-likeness (QED) is 0.914. The molecule has 0 aliphatic carbocycles. The molecular formula is C15H26N4O. The van der Waals surface area contributed by atoms with Crippen LogP contribution in [0, 0.1) is 5.41 Å². The Morgan fingerprint density at radius 1 is 1.55 bits per heavy atom. The number of nitrogens with zero attached hydrogens (tertiary/aromatic N) is 3. The average molecular weight is 278 g/mol. The second-order valence-electron chi connectivity index (χ2n) is 6.42. The maximum absolute atomic E-state index is 12.7. The molecule has 0 aromatic carbocycles. The highest BCUT2D eigenvalue weighted by atomic mass is 16.2. The lowest BCUT2D eigenvalue weighted by Crippen LogP contribution is -2.35. The van der Waals surface area contributed by atoms with Gasteiger partial charge < -0.3 is 10.6 Å². The molecule has 2 N–H and O–H groups in total. The van der Waals surface area contributed by atoms with E-state index in [1.54, 1.807) is 0 Å². The number of nitrogens with two attached hydrogens (primary N) is 1. The van der Waals surface area contributed by atoms with Gasteiger partial charge in [0, 0.05) is 19.6 Å². The van der Waals surface area contributed by atoms with Crippen LogP contribution < -0.4 is 5.73 Å². The van der Waals surface area contributed by atoms with E-state index in [1.165, 1.54) is 0 Å². The molecule has 1 aromatic rings. The van der Waals surface area contributed by atoms with Crippen molar-refractivity contribution in [2.45, 2.75) is 46.6 Å². The smallest absolute Gasteiger partial charge is 0.272 e. The summed E-state index contributed by atoms with van der Waals surface area (Å²) in [5.41, 5.74) is 7.56. The van der Waals surface area contributed by atoms with Crippen LogP contribution >= 0.6 is 0 Å². The molecule has 1 amide bonds. The molecule has 0 bridgehead atoms. The highest BCUT2D eigenvalue weighted by molar-refractivity contribution is 5.93. The molecule has 1 unspecified atom stereocenters. The minimum Gasteiger partial charge on any atom is -0.337 e. The Labute approximate surface area is 121 Å². The van der Waals surface area contributed by atoms with Crippen molar-refractivity contribution in [3.05, 3.63) is 17.5 Å². The van der Waals surface area contributed by atoms with Crippen molar-refractivity contribution in [3.8, 4) is 0 Å². The fourth-order valence-corrected chi connectivity index (χ4v) is 2.66. The van der Waals surface area contributed by atoms with Crippen molar-refractivity contribution in [1.82, 2.24) is 14.7 Å². The van der Waals surface area contributed by atoms with E-state index in [1.807, 2.05) is 22.6 Å². The predicted octanol–water partition coefficient (Wildman–Crippen LogP) is 1.84. The second kappa shape index (κ2) is 5.56. The molecule has 1 fully saturated rings. The Bertz CT molecular complexity index is 494. The number of hydrogen-bond acceptors (Lipinski definition) is 3. The van der Waals surface area contributed by atoms with Crippen molar-refractivity contribution in [3.63, 3.8) is 0 Å². The van der Waals surface area contributed by atoms with Gasteiger partial charge in [-0.3, -0.25) is 9.48 Å². The summed E-state index contributed by atoms with van der Waals surface area (Å²) >= 11 is 0. The zero-order valence-corrected chi connectivity index (χ0v) is 13.0. The maximum atomic E-state index is 12.7. The lowest BCUT2D eigenvalue weighted by atomic mass is 9.90. The Kier molecular flexibility index (Phi) is 4.18. The molecule has 5 nitrogen and oxygen atoms in total. The van der Waals surface area contributed by atoms with Crippen molar-refractivity contribution in [1.29, 1.82) is 0 Å². The van der Waals surface area contributed by atoms with Gasteiger partial charge >= 0.3 is 0 Å². The number of aromatic nitrogens is 2. The largest absolute Gasteiger partial charge is 0.337 e. The summed E-state index contributed by atoms with van der Waals surface area (Å²) in [6.45, 7) is 11.2. The van der Waals surface area contributed by atoms with Gasteiger partial charge in [-0.05, 0) is 37.3 Å². The topological polar surface area (TPSA) is 64.2 Å². The van der Waals surface area contributed by atoms with Crippen molar-refractivity contribution in [2.24, 2.45) is 11.1 Å². The first kappa shape index (κ1) is 15.0. The number of likely N-dealkylation sites (tertiary alicyclic amines) is 1. The van der Waals surface area contributed by atoms with E-state index in [2.05, 4.69) is 25.9 Å². The van der Waals surface area contributed by atoms with Crippen LogP contribution in [-0.2, 0) is 6.54 Å². The molecule has 1 aliphatic heterocycles. The van der Waals surface area contributed by atoms with Crippen LogP contribution in [0.15, 0.2) is 6.07 Å². The molecule has 5 heteroatoms. The Morgan fingerprint density at radius 3 is 2.75 bits per heavy atom. The number of carbonyl (C=O) groups excluding carboxylic acids is 1. The van der Waals surface area contributed by atoms with E-state index < -0.39 is 0 Å². The zero-order valence-electron chi connectivity index (χ0n) is 13.0. The zero-order chi connectivity index (χ0) is 14.9. The molecule has 0 spiro atoms. The molecule has 2 heterocycles. The number of amides is 1. The minimum absolute atomic E-state index is 0.0631. The van der Waals surface area contributed by atoms with Gasteiger partial charge in [-0.25, -0.2) is 0 Å². The van der Waals surface area contributed by atoms with Gasteiger partial charge in [-0.2, -0.15) is 5.10 Å². The molecular weight excluding hydrogens is 252 g/mol. The summed E-state index contributed by atoms with van der Waals surface area (Å²) in [6.07, 6.45) is 0.979. The van der Waals surface area contributed by atoms with E-state index in [0.29, 0.717) is 18.2 Å². The Balaban J connectivity index is 2.21. The number of carbonyl (C=O) groups is 1. The van der Waals surface area contributed by atoms with E-state index in [9.17, 15) is 4.79 Å². The predicted molar refractivity (Wildman–Crippen MR) is 79.7 cm³/mol. The summed E-state index contributed by atoms with van der Waals surface area (Å²) in [5.74, 6) is 0.422. The third-order valence-electron chi connectivity index (χ3n) is 4.25. The standard InChI is InChI=1S/C15H26N4O/c1-5-19-13(8-12(17-19)11(2)3)14(20)18-7-6-15(4,9-16)10-18/h8,11H,5-7,9-10,16H2,1-4H3. The first-order valence-corrected chi connectivity index (χ1v) is 7.47. The maximum Gasteiger partial charge on any atom is 0.272 e. The fraction of sp³-hybridized carbons (Fsp3) is 0.733. The van der Waals surface area contributed by atoms with Crippen molar-refractivity contribution in [2.75, 3.05) is 19.6 Å². The lowest BCUT2D eigenvalue weighted by Gasteiger charge is -2.22. The normalized spacial score (nSPS) is 22.8. The van der Waals surface area contributed by atoms with Gasteiger partial charge in [0.1, 0.15) is 5.69 Å². The van der Waals surface area contributed by atoms with Gasteiger partial charge in [0.25, 0.3) is 5.91 Å². The summed E-state index contributed by atoms with van der Waals surface area (Å²) < 4.78 is 1.82. The monoisotopic (exact) mass is 278 g/mol. The third-order valence-corrected chi connectivity index (χ3v) is 4.25. The van der Waals surface area contributed by atoms with Crippen LogP contribution in [0.3, 0.4) is 0 Å². The number of rotatable bonds is 4. The van der Waals surface area contributed by atoms with Crippen LogP contribution in [0.5, 0.6) is 0 Å². The Hall–Kier alpha value is -1.36. The van der Waals surface area contributed by atoms with Crippen molar-refractivity contribution >= 4 is 5.91 Å². The highest BCUT2D eigenvalue weighted by Gasteiger charge is 2.36. The molecule has 1 aromatic heterocycles. The Morgan fingerprint density at radius 2 is 2.25 bits per heavy atom. The fourth-order valence-electron chi connectivity index (χ4n) is 2.66. The lowest BCUT2D eigenvalue weighted by molar-refractivity contribution is 0.0764. The summed E-state index contributed by atoms with van der Waals surface area (Å²) in [6, 6.07) is 1.94. The minimum atomic E-state index is 0.0631. The van der Waals surface area contributed by atoms with E-state index in [-0.39, 0.29) is 11.3 Å². The SMILES string of the molecule is CCn1nc(C(C)C)cc1C(=O)N1CCC(C)(CN)C1. The highest BCUT2D eigenvalue weighted by Crippen LogP contribution is 2.29. The number of aryl methyl sites for hydroxylation is 1. The van der Waals surface area contributed by atoms with Crippen LogP contribution in [0.1, 0.15) is 56.2 Å². The number of hydrogen-bond donors (Lipinski definition) is 1. The average Bonchev–Trinajstić information content (AvgIpc) is 3.02. The second-order valence-corrected chi connectivity index (χ2v) is 6.42. The van der Waals surface area contributed by atoms with Gasteiger partial charge in [0.15, 0.2) is 0 Å².